The van der Waals surface area contributed by atoms with E-state index in [2.05, 4.69) is 0 Å². The number of hydrogen-bond donors (Lipinski definition) is 1. The second-order valence-electron chi connectivity index (χ2n) is 4.12. The van der Waals surface area contributed by atoms with Gasteiger partial charge in [0.05, 0.1) is 19.3 Å². The van der Waals surface area contributed by atoms with Gasteiger partial charge in [-0.1, -0.05) is 0 Å². The van der Waals surface area contributed by atoms with E-state index in [0.717, 1.165) is 4.90 Å². The van der Waals surface area contributed by atoms with E-state index in [-0.39, 0.29) is 25.8 Å². The van der Waals surface area contributed by atoms with Gasteiger partial charge in [-0.05, 0) is 13.8 Å². The molecule has 1 unspecified atom stereocenters. The summed E-state index contributed by atoms with van der Waals surface area (Å²) in [5.74, 6) is -1.10. The lowest BCUT2D eigenvalue weighted by atomic mass is 10.00. The van der Waals surface area contributed by atoms with Gasteiger partial charge in [0.15, 0.2) is 5.54 Å². The van der Waals surface area contributed by atoms with Gasteiger partial charge in [0.1, 0.15) is 0 Å². The number of nitrogens with zero attached hydrogens (tertiary/aromatic N) is 1. The quantitative estimate of drug-likeness (QED) is 0.726. The number of rotatable bonds is 1. The first-order valence-corrected chi connectivity index (χ1v) is 4.92. The number of alkyl halides is 3. The zero-order valence-corrected chi connectivity index (χ0v) is 9.17. The fourth-order valence-corrected chi connectivity index (χ4v) is 1.45. The minimum atomic E-state index is -4.75. The van der Waals surface area contributed by atoms with Crippen LogP contribution in [0, 0.1) is 0 Å². The van der Waals surface area contributed by atoms with Crippen LogP contribution in [0.1, 0.15) is 13.8 Å². The van der Waals surface area contributed by atoms with Crippen LogP contribution in [0.15, 0.2) is 0 Å². The van der Waals surface area contributed by atoms with Crippen molar-refractivity contribution in [3.8, 4) is 0 Å². The third kappa shape index (κ3) is 2.30. The van der Waals surface area contributed by atoms with Crippen LogP contribution in [0.25, 0.3) is 0 Å². The highest BCUT2D eigenvalue weighted by Gasteiger charge is 2.55. The molecular formula is C9H15F3N2O2. The van der Waals surface area contributed by atoms with Crippen molar-refractivity contribution in [1.29, 1.82) is 0 Å². The maximum Gasteiger partial charge on any atom is 0.415 e. The molecule has 1 heterocycles. The normalized spacial score (nSPS) is 26.4. The Kier molecular flexibility index (Phi) is 3.49. The number of amides is 1. The Bertz CT molecular complexity index is 278. The summed E-state index contributed by atoms with van der Waals surface area (Å²) in [4.78, 5) is 12.8. The van der Waals surface area contributed by atoms with E-state index < -0.39 is 17.6 Å². The maximum atomic E-state index is 12.6. The van der Waals surface area contributed by atoms with Gasteiger partial charge in [-0.15, -0.1) is 0 Å². The smallest absolute Gasteiger partial charge is 0.377 e. The second kappa shape index (κ2) is 4.21. The fourth-order valence-electron chi connectivity index (χ4n) is 1.45. The average molecular weight is 240 g/mol. The van der Waals surface area contributed by atoms with Gasteiger partial charge in [0.2, 0.25) is 0 Å². The number of morpholine rings is 1. The Morgan fingerprint density at radius 2 is 2.06 bits per heavy atom. The van der Waals surface area contributed by atoms with Crippen molar-refractivity contribution in [2.75, 3.05) is 19.8 Å². The lowest BCUT2D eigenvalue weighted by Gasteiger charge is -2.38. The zero-order chi connectivity index (χ0) is 12.6. The number of hydrogen-bond acceptors (Lipinski definition) is 3. The molecule has 1 saturated heterocycles. The molecule has 0 saturated carbocycles. The third-order valence-corrected chi connectivity index (χ3v) is 2.66. The Hall–Kier alpha value is -0.820. The topological polar surface area (TPSA) is 55.6 Å². The summed E-state index contributed by atoms with van der Waals surface area (Å²) in [6, 6.07) is -0.383. The van der Waals surface area contributed by atoms with Crippen molar-refractivity contribution < 1.29 is 22.7 Å². The Morgan fingerprint density at radius 1 is 1.50 bits per heavy atom. The van der Waals surface area contributed by atoms with E-state index in [1.165, 1.54) is 0 Å². The SMILES string of the molecule is C[C@@H]1COCCN1C(=O)C(C)(N)C(F)(F)F. The molecule has 16 heavy (non-hydrogen) atoms. The van der Waals surface area contributed by atoms with Crippen molar-refractivity contribution in [1.82, 2.24) is 4.90 Å². The molecule has 2 atom stereocenters. The minimum Gasteiger partial charge on any atom is -0.377 e. The van der Waals surface area contributed by atoms with Gasteiger partial charge in [0.25, 0.3) is 5.91 Å². The highest BCUT2D eigenvalue weighted by molar-refractivity contribution is 5.87. The van der Waals surface area contributed by atoms with Crippen molar-refractivity contribution in [2.45, 2.75) is 31.6 Å². The molecule has 0 radical (unpaired) electrons. The molecule has 1 aliphatic rings. The Labute approximate surface area is 91.5 Å². The summed E-state index contributed by atoms with van der Waals surface area (Å²) in [6.45, 7) is 2.94. The first-order valence-electron chi connectivity index (χ1n) is 4.92. The number of carbonyl (C=O) groups excluding carboxylic acids is 1. The summed E-state index contributed by atoms with van der Waals surface area (Å²) in [5, 5.41) is 0. The van der Waals surface area contributed by atoms with Gasteiger partial charge in [0, 0.05) is 6.54 Å². The molecule has 1 amide bonds. The molecule has 0 aromatic rings. The van der Waals surface area contributed by atoms with Gasteiger partial charge in [-0.2, -0.15) is 13.2 Å². The van der Waals surface area contributed by atoms with Crippen LogP contribution in [-0.2, 0) is 9.53 Å². The largest absolute Gasteiger partial charge is 0.415 e. The maximum absolute atomic E-state index is 12.6. The molecular weight excluding hydrogens is 225 g/mol. The van der Waals surface area contributed by atoms with Crippen LogP contribution in [0.3, 0.4) is 0 Å². The average Bonchev–Trinajstić information content (AvgIpc) is 2.15. The molecule has 1 fully saturated rings. The Morgan fingerprint density at radius 3 is 2.50 bits per heavy atom. The number of halogens is 3. The van der Waals surface area contributed by atoms with Crippen molar-refractivity contribution >= 4 is 5.91 Å². The predicted molar refractivity (Wildman–Crippen MR) is 50.6 cm³/mol. The van der Waals surface area contributed by atoms with Crippen LogP contribution in [0.2, 0.25) is 0 Å². The molecule has 7 heteroatoms. The first-order chi connectivity index (χ1) is 7.18. The van der Waals surface area contributed by atoms with Crippen LogP contribution in [0.4, 0.5) is 13.2 Å². The fraction of sp³-hybridized carbons (Fsp3) is 0.889. The first kappa shape index (κ1) is 13.2. The molecule has 2 N–H and O–H groups in total. The lowest BCUT2D eigenvalue weighted by Crippen LogP contribution is -2.65. The molecule has 0 aromatic heterocycles. The summed E-state index contributed by atoms with van der Waals surface area (Å²) in [6.07, 6.45) is -4.75. The van der Waals surface area contributed by atoms with Crippen molar-refractivity contribution in [2.24, 2.45) is 5.73 Å². The summed E-state index contributed by atoms with van der Waals surface area (Å²) < 4.78 is 42.7. The highest BCUT2D eigenvalue weighted by atomic mass is 19.4. The molecule has 1 rings (SSSR count). The van der Waals surface area contributed by atoms with Crippen LogP contribution >= 0.6 is 0 Å². The molecule has 0 aromatic carbocycles. The molecule has 94 valence electrons. The zero-order valence-electron chi connectivity index (χ0n) is 9.17. The van der Waals surface area contributed by atoms with Gasteiger partial charge >= 0.3 is 6.18 Å². The number of ether oxygens (including phenoxy) is 1. The standard InChI is InChI=1S/C9H15F3N2O2/c1-6-5-16-4-3-14(6)7(15)8(2,13)9(10,11)12/h6H,3-5,13H2,1-2H3/t6-,8?/m1/s1. The van der Waals surface area contributed by atoms with E-state index >= 15 is 0 Å². The van der Waals surface area contributed by atoms with Crippen LogP contribution in [0.5, 0.6) is 0 Å². The van der Waals surface area contributed by atoms with Crippen LogP contribution < -0.4 is 5.73 Å². The molecule has 0 bridgehead atoms. The second-order valence-corrected chi connectivity index (χ2v) is 4.12. The number of carbonyl (C=O) groups is 1. The molecule has 0 aliphatic carbocycles. The number of nitrogens with two attached hydrogens (primary N) is 1. The van der Waals surface area contributed by atoms with Gasteiger partial charge < -0.3 is 15.4 Å². The van der Waals surface area contributed by atoms with Gasteiger partial charge in [-0.3, -0.25) is 4.79 Å². The van der Waals surface area contributed by atoms with E-state index in [4.69, 9.17) is 10.5 Å². The van der Waals surface area contributed by atoms with E-state index in [1.807, 2.05) is 0 Å². The van der Waals surface area contributed by atoms with Crippen molar-refractivity contribution in [3.05, 3.63) is 0 Å². The Balaban J connectivity index is 2.84. The minimum absolute atomic E-state index is 0.142. The summed E-state index contributed by atoms with van der Waals surface area (Å²) >= 11 is 0. The molecule has 4 nitrogen and oxygen atoms in total. The summed E-state index contributed by atoms with van der Waals surface area (Å²) in [5.41, 5.74) is 2.24. The predicted octanol–water partition coefficient (Wildman–Crippen LogP) is 0.513. The third-order valence-electron chi connectivity index (χ3n) is 2.66. The molecule has 0 spiro atoms. The van der Waals surface area contributed by atoms with Gasteiger partial charge in [-0.25, -0.2) is 0 Å². The van der Waals surface area contributed by atoms with Crippen LogP contribution in [-0.4, -0.2) is 48.3 Å². The summed E-state index contributed by atoms with van der Waals surface area (Å²) in [7, 11) is 0. The van der Waals surface area contributed by atoms with E-state index in [9.17, 15) is 18.0 Å². The molecule has 1 aliphatic heterocycles. The highest BCUT2D eigenvalue weighted by Crippen LogP contribution is 2.30. The lowest BCUT2D eigenvalue weighted by molar-refractivity contribution is -0.197. The monoisotopic (exact) mass is 240 g/mol. The van der Waals surface area contributed by atoms with E-state index in [0.29, 0.717) is 6.92 Å². The van der Waals surface area contributed by atoms with Crippen molar-refractivity contribution in [3.63, 3.8) is 0 Å². The van der Waals surface area contributed by atoms with E-state index in [1.54, 1.807) is 6.92 Å².